The first-order valence-corrected chi connectivity index (χ1v) is 7.85. The van der Waals surface area contributed by atoms with Gasteiger partial charge >= 0.3 is 0 Å². The largest absolute Gasteiger partial charge is 0.454 e. The van der Waals surface area contributed by atoms with E-state index in [0.717, 1.165) is 6.26 Å². The summed E-state index contributed by atoms with van der Waals surface area (Å²) in [6.07, 6.45) is 1.48. The quantitative estimate of drug-likeness (QED) is 0.759. The molecular weight excluding hydrogens is 282 g/mol. The minimum absolute atomic E-state index is 0.107. The van der Waals surface area contributed by atoms with Crippen molar-refractivity contribution in [2.75, 3.05) is 13.0 Å². The van der Waals surface area contributed by atoms with Crippen molar-refractivity contribution in [1.82, 2.24) is 0 Å². The van der Waals surface area contributed by atoms with Gasteiger partial charge in [0.1, 0.15) is 11.7 Å². The van der Waals surface area contributed by atoms with Crippen molar-refractivity contribution in [1.29, 1.82) is 5.26 Å². The van der Waals surface area contributed by atoms with Crippen molar-refractivity contribution in [2.24, 2.45) is 5.41 Å². The lowest BCUT2D eigenvalue weighted by Gasteiger charge is -2.02. The first-order chi connectivity index (χ1) is 9.44. The van der Waals surface area contributed by atoms with Crippen molar-refractivity contribution >= 4 is 16.1 Å². The summed E-state index contributed by atoms with van der Waals surface area (Å²) in [5.41, 5.74) is -0.903. The topological polar surface area (TPSA) is 93.5 Å². The molecule has 0 bridgehead atoms. The van der Waals surface area contributed by atoms with Crippen LogP contribution >= 0.6 is 0 Å². The van der Waals surface area contributed by atoms with Crippen LogP contribution in [0.25, 0.3) is 0 Å². The number of benzene rings is 1. The number of carbonyl (C=O) groups excluding carboxylic acids is 1. The molecule has 0 unspecified atom stereocenters. The molecule has 1 aliphatic heterocycles. The van der Waals surface area contributed by atoms with Gasteiger partial charge in [-0.1, -0.05) is 6.07 Å². The second-order valence-corrected chi connectivity index (χ2v) is 7.17. The summed E-state index contributed by atoms with van der Waals surface area (Å²) in [6, 6.07) is 6.81. The standard InChI is InChI=1S/C13H11NO5S/c1-20(16,17)12-11(13(12,5-14)6-15)8-2-3-9-10(4-8)19-7-18-9/h2-4,6,11-12H,7H2,1H3/t11-,12+,13+/m0/s1. The minimum Gasteiger partial charge on any atom is -0.454 e. The molecular formula is C13H11NO5S. The number of sulfone groups is 1. The zero-order valence-corrected chi connectivity index (χ0v) is 11.4. The number of hydrogen-bond donors (Lipinski definition) is 0. The molecule has 1 fully saturated rings. The van der Waals surface area contributed by atoms with E-state index in [0.29, 0.717) is 23.3 Å². The molecule has 3 rings (SSSR count). The summed E-state index contributed by atoms with van der Waals surface area (Å²) in [4.78, 5) is 11.3. The summed E-state index contributed by atoms with van der Waals surface area (Å²) in [6.45, 7) is 0.107. The maximum absolute atomic E-state index is 11.8. The molecule has 1 aromatic rings. The fourth-order valence-corrected chi connectivity index (χ4v) is 4.59. The monoisotopic (exact) mass is 293 g/mol. The minimum atomic E-state index is -3.50. The number of ether oxygens (including phenoxy) is 2. The third-order valence-corrected chi connectivity index (χ3v) is 5.37. The Morgan fingerprint density at radius 1 is 1.40 bits per heavy atom. The summed E-state index contributed by atoms with van der Waals surface area (Å²) < 4.78 is 34.0. The van der Waals surface area contributed by atoms with Gasteiger partial charge in [0.05, 0.1) is 11.3 Å². The molecule has 0 amide bonds. The molecule has 7 heteroatoms. The molecule has 0 radical (unpaired) electrons. The molecule has 20 heavy (non-hydrogen) atoms. The summed E-state index contributed by atoms with van der Waals surface area (Å²) in [5.74, 6) is 0.410. The van der Waals surface area contributed by atoms with Crippen LogP contribution in [0.2, 0.25) is 0 Å². The van der Waals surface area contributed by atoms with E-state index in [1.807, 2.05) is 6.07 Å². The summed E-state index contributed by atoms with van der Waals surface area (Å²) in [7, 11) is -3.50. The second-order valence-electron chi connectivity index (χ2n) is 5.00. The molecule has 104 valence electrons. The lowest BCUT2D eigenvalue weighted by atomic mass is 10.0. The zero-order valence-electron chi connectivity index (χ0n) is 10.6. The van der Waals surface area contributed by atoms with Crippen LogP contribution in [0.15, 0.2) is 18.2 Å². The Morgan fingerprint density at radius 3 is 2.65 bits per heavy atom. The van der Waals surface area contributed by atoms with E-state index < -0.39 is 26.4 Å². The number of aldehydes is 1. The molecule has 3 atom stereocenters. The van der Waals surface area contributed by atoms with Gasteiger partial charge in [0.2, 0.25) is 6.79 Å². The van der Waals surface area contributed by atoms with E-state index in [2.05, 4.69) is 0 Å². The number of hydrogen-bond acceptors (Lipinski definition) is 6. The highest BCUT2D eigenvalue weighted by Gasteiger charge is 2.71. The predicted molar refractivity (Wildman–Crippen MR) is 68.0 cm³/mol. The Morgan fingerprint density at radius 2 is 2.10 bits per heavy atom. The Balaban J connectivity index is 2.06. The van der Waals surface area contributed by atoms with Crippen LogP contribution in [0.5, 0.6) is 11.5 Å². The molecule has 1 heterocycles. The average Bonchev–Trinajstić information content (AvgIpc) is 2.89. The van der Waals surface area contributed by atoms with Gasteiger partial charge in [-0.05, 0) is 17.7 Å². The molecule has 2 aliphatic rings. The average molecular weight is 293 g/mol. The van der Waals surface area contributed by atoms with Crippen LogP contribution in [0.4, 0.5) is 0 Å². The lowest BCUT2D eigenvalue weighted by Crippen LogP contribution is -2.14. The molecule has 1 saturated carbocycles. The van der Waals surface area contributed by atoms with Crippen molar-refractivity contribution in [3.63, 3.8) is 0 Å². The lowest BCUT2D eigenvalue weighted by molar-refractivity contribution is -0.110. The molecule has 1 aliphatic carbocycles. The maximum atomic E-state index is 11.8. The highest BCUT2D eigenvalue weighted by Crippen LogP contribution is 2.61. The van der Waals surface area contributed by atoms with Gasteiger partial charge < -0.3 is 14.3 Å². The van der Waals surface area contributed by atoms with Crippen LogP contribution in [0, 0.1) is 16.7 Å². The third-order valence-electron chi connectivity index (χ3n) is 3.78. The van der Waals surface area contributed by atoms with Gasteiger partial charge in [0.25, 0.3) is 0 Å². The van der Waals surface area contributed by atoms with Crippen molar-refractivity contribution < 1.29 is 22.7 Å². The van der Waals surface area contributed by atoms with Gasteiger partial charge in [0, 0.05) is 12.2 Å². The fourth-order valence-electron chi connectivity index (χ4n) is 2.83. The molecule has 1 aromatic carbocycles. The Kier molecular flexibility index (Phi) is 2.56. The highest BCUT2D eigenvalue weighted by atomic mass is 32.2. The fraction of sp³-hybridized carbons (Fsp3) is 0.385. The molecule has 0 N–H and O–H groups in total. The van der Waals surface area contributed by atoms with E-state index in [1.54, 1.807) is 18.2 Å². The Hall–Kier alpha value is -2.07. The van der Waals surface area contributed by atoms with E-state index in [9.17, 15) is 18.5 Å². The van der Waals surface area contributed by atoms with Crippen molar-refractivity contribution in [3.8, 4) is 17.6 Å². The zero-order chi connectivity index (χ0) is 14.5. The summed E-state index contributed by atoms with van der Waals surface area (Å²) >= 11 is 0. The molecule has 0 aromatic heterocycles. The smallest absolute Gasteiger partial charge is 0.231 e. The van der Waals surface area contributed by atoms with Gasteiger partial charge in [-0.3, -0.25) is 0 Å². The van der Waals surface area contributed by atoms with Crippen LogP contribution < -0.4 is 9.47 Å². The van der Waals surface area contributed by atoms with Crippen LogP contribution in [-0.2, 0) is 14.6 Å². The second kappa shape index (κ2) is 3.96. The Bertz CT molecular complexity index is 736. The van der Waals surface area contributed by atoms with Gasteiger partial charge in [0.15, 0.2) is 21.3 Å². The Labute approximate surface area is 115 Å². The van der Waals surface area contributed by atoms with E-state index >= 15 is 0 Å². The van der Waals surface area contributed by atoms with E-state index in [4.69, 9.17) is 9.47 Å². The van der Waals surface area contributed by atoms with Crippen LogP contribution in [0.1, 0.15) is 11.5 Å². The van der Waals surface area contributed by atoms with Crippen LogP contribution in [0.3, 0.4) is 0 Å². The number of nitriles is 1. The van der Waals surface area contributed by atoms with E-state index in [-0.39, 0.29) is 6.79 Å². The molecule has 0 spiro atoms. The normalized spacial score (nSPS) is 30.6. The summed E-state index contributed by atoms with van der Waals surface area (Å²) in [5, 5.41) is 8.21. The van der Waals surface area contributed by atoms with Crippen molar-refractivity contribution in [3.05, 3.63) is 23.8 Å². The maximum Gasteiger partial charge on any atom is 0.231 e. The van der Waals surface area contributed by atoms with Gasteiger partial charge in [-0.15, -0.1) is 0 Å². The van der Waals surface area contributed by atoms with Gasteiger partial charge in [-0.2, -0.15) is 5.26 Å². The first kappa shape index (κ1) is 12.9. The van der Waals surface area contributed by atoms with Crippen molar-refractivity contribution in [2.45, 2.75) is 11.2 Å². The van der Waals surface area contributed by atoms with Crippen LogP contribution in [-0.4, -0.2) is 33.0 Å². The molecule has 0 saturated heterocycles. The third kappa shape index (κ3) is 1.61. The predicted octanol–water partition coefficient (Wildman–Crippen LogP) is 0.635. The van der Waals surface area contributed by atoms with Gasteiger partial charge in [-0.25, -0.2) is 8.42 Å². The number of rotatable bonds is 3. The first-order valence-electron chi connectivity index (χ1n) is 5.90. The number of fused-ring (bicyclic) bond motifs is 1. The molecule has 6 nitrogen and oxygen atoms in total. The SMILES string of the molecule is CS(=O)(=O)[C@@H]1[C@H](c2ccc3c(c2)OCO3)[C@@]1(C#N)C=O. The number of carbonyl (C=O) groups is 1. The highest BCUT2D eigenvalue weighted by molar-refractivity contribution is 7.91. The number of nitrogens with zero attached hydrogens (tertiary/aromatic N) is 1. The van der Waals surface area contributed by atoms with E-state index in [1.165, 1.54) is 0 Å².